The number of halogens is 1. The van der Waals surface area contributed by atoms with Crippen LogP contribution in [0.15, 0.2) is 24.3 Å². The molecule has 2 amide bonds. The quantitative estimate of drug-likeness (QED) is 0.824. The number of nitrogens with one attached hydrogen (secondary N) is 2. The van der Waals surface area contributed by atoms with E-state index in [1.165, 1.54) is 18.2 Å². The minimum Gasteiger partial charge on any atom is -0.348 e. The first-order valence-electron chi connectivity index (χ1n) is 7.08. The topological polar surface area (TPSA) is 61.4 Å². The summed E-state index contributed by atoms with van der Waals surface area (Å²) in [5.74, 6) is -1.73. The summed E-state index contributed by atoms with van der Waals surface area (Å²) in [6, 6.07) is 5.75. The Morgan fingerprint density at radius 2 is 1.90 bits per heavy atom. The van der Waals surface area contributed by atoms with E-state index in [1.54, 1.807) is 6.07 Å². The summed E-state index contributed by atoms with van der Waals surface area (Å²) in [5.41, 5.74) is 0.0111. The molecule has 1 aromatic carbocycles. The van der Waals surface area contributed by atoms with Crippen molar-refractivity contribution in [3.63, 3.8) is 0 Å². The van der Waals surface area contributed by atoms with E-state index in [9.17, 15) is 14.0 Å². The third-order valence-electron chi connectivity index (χ3n) is 3.72. The highest BCUT2D eigenvalue weighted by molar-refractivity contribution is 6.39. The lowest BCUT2D eigenvalue weighted by molar-refractivity contribution is -0.136. The van der Waals surface area contributed by atoms with Crippen LogP contribution in [0, 0.1) is 11.7 Å². The minimum absolute atomic E-state index is 0.0111. The normalized spacial score (nSPS) is 16.5. The average molecular weight is 293 g/mol. The van der Waals surface area contributed by atoms with E-state index >= 15 is 0 Å². The van der Waals surface area contributed by atoms with Gasteiger partial charge in [0.1, 0.15) is 5.82 Å². The van der Waals surface area contributed by atoms with Gasteiger partial charge < -0.3 is 15.5 Å². The molecule has 0 aliphatic carbocycles. The summed E-state index contributed by atoms with van der Waals surface area (Å²) in [6.45, 7) is 2.49. The van der Waals surface area contributed by atoms with Crippen molar-refractivity contribution in [3.05, 3.63) is 30.1 Å². The van der Waals surface area contributed by atoms with Gasteiger partial charge in [0.05, 0.1) is 5.69 Å². The number of hydrogen-bond donors (Lipinski definition) is 2. The van der Waals surface area contributed by atoms with Gasteiger partial charge in [0.25, 0.3) is 0 Å². The second kappa shape index (κ2) is 7.17. The summed E-state index contributed by atoms with van der Waals surface area (Å²) in [5, 5.41) is 4.89. The molecule has 114 valence electrons. The van der Waals surface area contributed by atoms with Crippen molar-refractivity contribution in [3.8, 4) is 0 Å². The molecule has 1 heterocycles. The molecule has 1 aliphatic heterocycles. The van der Waals surface area contributed by atoms with Gasteiger partial charge in [-0.25, -0.2) is 4.39 Å². The molecule has 6 heteroatoms. The zero-order valence-electron chi connectivity index (χ0n) is 12.1. The maximum atomic E-state index is 13.4. The monoisotopic (exact) mass is 293 g/mol. The first kappa shape index (κ1) is 15.4. The first-order chi connectivity index (χ1) is 10.1. The van der Waals surface area contributed by atoms with Crippen LogP contribution in [-0.2, 0) is 9.59 Å². The Morgan fingerprint density at radius 1 is 1.24 bits per heavy atom. The largest absolute Gasteiger partial charge is 0.348 e. The highest BCUT2D eigenvalue weighted by Crippen LogP contribution is 2.15. The number of likely N-dealkylation sites (tertiary alicyclic amines) is 1. The highest BCUT2D eigenvalue weighted by Gasteiger charge is 2.20. The van der Waals surface area contributed by atoms with Crippen molar-refractivity contribution in [2.24, 2.45) is 5.92 Å². The number of carbonyl (C=O) groups excluding carboxylic acids is 2. The molecular formula is C15H20FN3O2. The van der Waals surface area contributed by atoms with E-state index in [0.29, 0.717) is 12.5 Å². The van der Waals surface area contributed by atoms with Crippen LogP contribution in [0.1, 0.15) is 12.8 Å². The Labute approximate surface area is 123 Å². The van der Waals surface area contributed by atoms with Crippen LogP contribution in [0.25, 0.3) is 0 Å². The van der Waals surface area contributed by atoms with E-state index in [4.69, 9.17) is 0 Å². The maximum Gasteiger partial charge on any atom is 0.313 e. The van der Waals surface area contributed by atoms with E-state index < -0.39 is 17.6 Å². The highest BCUT2D eigenvalue weighted by atomic mass is 19.1. The lowest BCUT2D eigenvalue weighted by Gasteiger charge is -2.28. The van der Waals surface area contributed by atoms with Gasteiger partial charge in [-0.05, 0) is 51.0 Å². The lowest BCUT2D eigenvalue weighted by atomic mass is 9.97. The van der Waals surface area contributed by atoms with Gasteiger partial charge in [0.2, 0.25) is 0 Å². The van der Waals surface area contributed by atoms with Crippen molar-refractivity contribution in [1.82, 2.24) is 10.2 Å². The van der Waals surface area contributed by atoms with Crippen LogP contribution in [0.5, 0.6) is 0 Å². The molecule has 1 aliphatic rings. The fourth-order valence-electron chi connectivity index (χ4n) is 2.33. The average Bonchev–Trinajstić information content (AvgIpc) is 2.48. The van der Waals surface area contributed by atoms with Crippen molar-refractivity contribution in [1.29, 1.82) is 0 Å². The zero-order chi connectivity index (χ0) is 15.2. The first-order valence-corrected chi connectivity index (χ1v) is 7.08. The van der Waals surface area contributed by atoms with Crippen molar-refractivity contribution in [2.75, 3.05) is 32.0 Å². The van der Waals surface area contributed by atoms with Gasteiger partial charge in [-0.2, -0.15) is 0 Å². The second-order valence-corrected chi connectivity index (χ2v) is 5.39. The summed E-state index contributed by atoms with van der Waals surface area (Å²) < 4.78 is 13.4. The van der Waals surface area contributed by atoms with Gasteiger partial charge in [0.15, 0.2) is 0 Å². The molecule has 1 fully saturated rings. The SMILES string of the molecule is CN1CCC(CNC(=O)C(=O)Nc2ccccc2F)CC1. The van der Waals surface area contributed by atoms with E-state index in [0.717, 1.165) is 25.9 Å². The smallest absolute Gasteiger partial charge is 0.313 e. The van der Waals surface area contributed by atoms with Gasteiger partial charge in [-0.15, -0.1) is 0 Å². The molecule has 0 bridgehead atoms. The van der Waals surface area contributed by atoms with Crippen LogP contribution in [0.3, 0.4) is 0 Å². The van der Waals surface area contributed by atoms with Crippen molar-refractivity contribution < 1.29 is 14.0 Å². The standard InChI is InChI=1S/C15H20FN3O2/c1-19-8-6-11(7-9-19)10-17-14(20)15(21)18-13-5-3-2-4-12(13)16/h2-5,11H,6-10H2,1H3,(H,17,20)(H,18,21). The van der Waals surface area contributed by atoms with Crippen LogP contribution in [0.2, 0.25) is 0 Å². The van der Waals surface area contributed by atoms with E-state index in [-0.39, 0.29) is 5.69 Å². The third kappa shape index (κ3) is 4.53. The van der Waals surface area contributed by atoms with Gasteiger partial charge in [0, 0.05) is 6.54 Å². The minimum atomic E-state index is -0.840. The maximum absolute atomic E-state index is 13.4. The number of anilines is 1. The predicted molar refractivity (Wildman–Crippen MR) is 78.3 cm³/mol. The van der Waals surface area contributed by atoms with Crippen LogP contribution in [-0.4, -0.2) is 43.4 Å². The Bertz CT molecular complexity index is 513. The van der Waals surface area contributed by atoms with Crippen molar-refractivity contribution in [2.45, 2.75) is 12.8 Å². The molecule has 1 saturated heterocycles. The van der Waals surface area contributed by atoms with Crippen molar-refractivity contribution >= 4 is 17.5 Å². The summed E-state index contributed by atoms with van der Waals surface area (Å²) in [4.78, 5) is 25.6. The molecule has 0 unspecified atom stereocenters. The molecule has 21 heavy (non-hydrogen) atoms. The fourth-order valence-corrected chi connectivity index (χ4v) is 2.33. The summed E-state index contributed by atoms with van der Waals surface area (Å²) in [7, 11) is 2.07. The summed E-state index contributed by atoms with van der Waals surface area (Å²) in [6.07, 6.45) is 2.01. The Balaban J connectivity index is 1.78. The molecule has 0 spiro atoms. The number of piperidine rings is 1. The zero-order valence-corrected chi connectivity index (χ0v) is 12.1. The third-order valence-corrected chi connectivity index (χ3v) is 3.72. The fraction of sp³-hybridized carbons (Fsp3) is 0.467. The number of amides is 2. The number of rotatable bonds is 3. The molecular weight excluding hydrogens is 273 g/mol. The van der Waals surface area contributed by atoms with Gasteiger partial charge in [-0.3, -0.25) is 9.59 Å². The van der Waals surface area contributed by atoms with Crippen LogP contribution < -0.4 is 10.6 Å². The Morgan fingerprint density at radius 3 is 2.57 bits per heavy atom. The Kier molecular flexibility index (Phi) is 5.27. The molecule has 5 nitrogen and oxygen atoms in total. The lowest BCUT2D eigenvalue weighted by Crippen LogP contribution is -2.41. The molecule has 2 rings (SSSR count). The molecule has 1 aromatic rings. The molecule has 0 atom stereocenters. The van der Waals surface area contributed by atoms with Crippen LogP contribution in [0.4, 0.5) is 10.1 Å². The predicted octanol–water partition coefficient (Wildman–Crippen LogP) is 1.22. The number of para-hydroxylation sites is 1. The number of hydrogen-bond acceptors (Lipinski definition) is 3. The molecule has 0 aromatic heterocycles. The second-order valence-electron chi connectivity index (χ2n) is 5.39. The van der Waals surface area contributed by atoms with Gasteiger partial charge in [-0.1, -0.05) is 12.1 Å². The van der Waals surface area contributed by atoms with Gasteiger partial charge >= 0.3 is 11.8 Å². The van der Waals surface area contributed by atoms with E-state index in [2.05, 4.69) is 22.6 Å². The van der Waals surface area contributed by atoms with E-state index in [1.807, 2.05) is 0 Å². The number of carbonyl (C=O) groups is 2. The summed E-state index contributed by atoms with van der Waals surface area (Å²) >= 11 is 0. The van der Waals surface area contributed by atoms with Crippen LogP contribution >= 0.6 is 0 Å². The number of benzene rings is 1. The molecule has 0 saturated carbocycles. The molecule has 0 radical (unpaired) electrons. The Hall–Kier alpha value is -1.95. The number of nitrogens with zero attached hydrogens (tertiary/aromatic N) is 1. The molecule has 2 N–H and O–H groups in total.